The molecule has 4 rings (SSSR count). The zero-order valence-electron chi connectivity index (χ0n) is 14.8. The van der Waals surface area contributed by atoms with E-state index in [4.69, 9.17) is 0 Å². The van der Waals surface area contributed by atoms with Gasteiger partial charge in [0, 0.05) is 19.3 Å². The van der Waals surface area contributed by atoms with Crippen LogP contribution in [-0.4, -0.2) is 37.2 Å². The highest BCUT2D eigenvalue weighted by atomic mass is 16.1. The summed E-state index contributed by atoms with van der Waals surface area (Å²) in [4.78, 5) is 12.3. The highest BCUT2D eigenvalue weighted by molar-refractivity contribution is 5.93. The molecule has 2 aromatic heterocycles. The topological polar surface area (TPSA) is 77.6 Å². The van der Waals surface area contributed by atoms with Gasteiger partial charge in [0.05, 0.1) is 23.8 Å². The van der Waals surface area contributed by atoms with Crippen molar-refractivity contribution >= 4 is 16.9 Å². The standard InChI is InChI=1S/C20H20N6O/c27-20(17-13-22-25(15-17)14-16-7-2-1-3-8-16)21-11-6-12-26-19-10-5-4-9-18(19)23-24-26/h1-5,7-10,13,15H,6,11-12,14H2,(H,21,27). The van der Waals surface area contributed by atoms with Gasteiger partial charge in [0.25, 0.3) is 5.91 Å². The molecule has 27 heavy (non-hydrogen) atoms. The summed E-state index contributed by atoms with van der Waals surface area (Å²) >= 11 is 0. The van der Waals surface area contributed by atoms with Crippen LogP contribution in [0.15, 0.2) is 67.0 Å². The van der Waals surface area contributed by atoms with Crippen molar-refractivity contribution in [1.29, 1.82) is 0 Å². The third kappa shape index (κ3) is 4.03. The number of aryl methyl sites for hydroxylation is 1. The molecular weight excluding hydrogens is 340 g/mol. The minimum Gasteiger partial charge on any atom is -0.352 e. The van der Waals surface area contributed by atoms with E-state index < -0.39 is 0 Å². The molecule has 0 fully saturated rings. The van der Waals surface area contributed by atoms with Gasteiger partial charge in [-0.05, 0) is 24.1 Å². The van der Waals surface area contributed by atoms with Crippen molar-refractivity contribution in [2.75, 3.05) is 6.54 Å². The van der Waals surface area contributed by atoms with Crippen LogP contribution in [0.3, 0.4) is 0 Å². The number of hydrogen-bond acceptors (Lipinski definition) is 4. The Bertz CT molecular complexity index is 1040. The molecule has 0 spiro atoms. The molecule has 1 N–H and O–H groups in total. The van der Waals surface area contributed by atoms with Gasteiger partial charge < -0.3 is 5.32 Å². The lowest BCUT2D eigenvalue weighted by atomic mass is 10.2. The number of amides is 1. The minimum atomic E-state index is -0.113. The average Bonchev–Trinajstić information content (AvgIpc) is 3.33. The molecule has 0 aliphatic rings. The first-order chi connectivity index (χ1) is 13.3. The molecule has 0 bridgehead atoms. The summed E-state index contributed by atoms with van der Waals surface area (Å²) in [6.45, 7) is 1.92. The summed E-state index contributed by atoms with van der Waals surface area (Å²) in [5.74, 6) is -0.113. The predicted molar refractivity (Wildman–Crippen MR) is 102 cm³/mol. The van der Waals surface area contributed by atoms with Crippen LogP contribution in [0, 0.1) is 0 Å². The van der Waals surface area contributed by atoms with Gasteiger partial charge in [-0.1, -0.05) is 47.7 Å². The maximum atomic E-state index is 12.3. The second-order valence-electron chi connectivity index (χ2n) is 6.32. The van der Waals surface area contributed by atoms with E-state index in [1.807, 2.05) is 59.3 Å². The van der Waals surface area contributed by atoms with Gasteiger partial charge >= 0.3 is 0 Å². The van der Waals surface area contributed by atoms with Gasteiger partial charge in [-0.15, -0.1) is 5.10 Å². The van der Waals surface area contributed by atoms with Crippen LogP contribution in [0.25, 0.3) is 11.0 Å². The fourth-order valence-electron chi connectivity index (χ4n) is 2.95. The smallest absolute Gasteiger partial charge is 0.254 e. The van der Waals surface area contributed by atoms with Crippen molar-refractivity contribution in [3.8, 4) is 0 Å². The Morgan fingerprint density at radius 2 is 1.85 bits per heavy atom. The first-order valence-electron chi connectivity index (χ1n) is 8.92. The van der Waals surface area contributed by atoms with Crippen molar-refractivity contribution in [2.45, 2.75) is 19.5 Å². The van der Waals surface area contributed by atoms with Gasteiger partial charge in [-0.2, -0.15) is 5.10 Å². The van der Waals surface area contributed by atoms with Gasteiger partial charge in [-0.3, -0.25) is 9.48 Å². The minimum absolute atomic E-state index is 0.113. The van der Waals surface area contributed by atoms with Crippen LogP contribution >= 0.6 is 0 Å². The lowest BCUT2D eigenvalue weighted by molar-refractivity contribution is 0.0952. The molecule has 1 amide bonds. The van der Waals surface area contributed by atoms with E-state index in [9.17, 15) is 4.79 Å². The van der Waals surface area contributed by atoms with Gasteiger partial charge in [-0.25, -0.2) is 4.68 Å². The van der Waals surface area contributed by atoms with E-state index in [1.54, 1.807) is 17.1 Å². The fourth-order valence-corrected chi connectivity index (χ4v) is 2.95. The summed E-state index contributed by atoms with van der Waals surface area (Å²) in [6.07, 6.45) is 4.15. The van der Waals surface area contributed by atoms with Gasteiger partial charge in [0.15, 0.2) is 0 Å². The van der Waals surface area contributed by atoms with E-state index in [0.717, 1.165) is 23.0 Å². The van der Waals surface area contributed by atoms with E-state index in [0.29, 0.717) is 25.2 Å². The molecule has 0 aliphatic heterocycles. The molecule has 0 aliphatic carbocycles. The van der Waals surface area contributed by atoms with Gasteiger partial charge in [0.1, 0.15) is 5.52 Å². The highest BCUT2D eigenvalue weighted by Gasteiger charge is 2.09. The largest absolute Gasteiger partial charge is 0.352 e. The maximum Gasteiger partial charge on any atom is 0.254 e. The Morgan fingerprint density at radius 1 is 1.04 bits per heavy atom. The Labute approximate surface area is 156 Å². The number of benzene rings is 2. The van der Waals surface area contributed by atoms with E-state index >= 15 is 0 Å². The quantitative estimate of drug-likeness (QED) is 0.514. The van der Waals surface area contributed by atoms with Crippen molar-refractivity contribution in [3.63, 3.8) is 0 Å². The Balaban J connectivity index is 1.27. The molecule has 0 saturated heterocycles. The summed E-state index contributed by atoms with van der Waals surface area (Å²) in [6, 6.07) is 17.9. The summed E-state index contributed by atoms with van der Waals surface area (Å²) in [5.41, 5.74) is 3.60. The molecule has 7 heteroatoms. The second kappa shape index (κ2) is 7.82. The number of carbonyl (C=O) groups is 1. The molecule has 4 aromatic rings. The van der Waals surface area contributed by atoms with E-state index in [-0.39, 0.29) is 5.91 Å². The fraction of sp³-hybridized carbons (Fsp3) is 0.200. The average molecular weight is 360 g/mol. The molecule has 7 nitrogen and oxygen atoms in total. The van der Waals surface area contributed by atoms with Gasteiger partial charge in [0.2, 0.25) is 0 Å². The molecule has 2 heterocycles. The number of hydrogen-bond donors (Lipinski definition) is 1. The van der Waals surface area contributed by atoms with Crippen molar-refractivity contribution in [2.24, 2.45) is 0 Å². The summed E-state index contributed by atoms with van der Waals surface area (Å²) in [7, 11) is 0. The van der Waals surface area contributed by atoms with Crippen LogP contribution in [0.1, 0.15) is 22.3 Å². The van der Waals surface area contributed by atoms with E-state index in [1.165, 1.54) is 0 Å². The second-order valence-corrected chi connectivity index (χ2v) is 6.32. The Morgan fingerprint density at radius 3 is 2.74 bits per heavy atom. The number of carbonyl (C=O) groups excluding carboxylic acids is 1. The molecule has 0 saturated carbocycles. The molecule has 0 radical (unpaired) electrons. The zero-order chi connectivity index (χ0) is 18.5. The number of nitrogens with zero attached hydrogens (tertiary/aromatic N) is 5. The number of aromatic nitrogens is 5. The van der Waals surface area contributed by atoms with Crippen molar-refractivity contribution < 1.29 is 4.79 Å². The van der Waals surface area contributed by atoms with Crippen LogP contribution in [0.2, 0.25) is 0 Å². The number of fused-ring (bicyclic) bond motifs is 1. The number of nitrogens with one attached hydrogen (secondary N) is 1. The maximum absolute atomic E-state index is 12.3. The molecule has 0 unspecified atom stereocenters. The predicted octanol–water partition coefficient (Wildman–Crippen LogP) is 2.50. The molecule has 2 aromatic carbocycles. The summed E-state index contributed by atoms with van der Waals surface area (Å²) in [5, 5.41) is 15.5. The Hall–Kier alpha value is -3.48. The van der Waals surface area contributed by atoms with Crippen LogP contribution in [-0.2, 0) is 13.1 Å². The number of para-hydroxylation sites is 1. The highest BCUT2D eigenvalue weighted by Crippen LogP contribution is 2.10. The SMILES string of the molecule is O=C(NCCCn1nnc2ccccc21)c1cnn(Cc2ccccc2)c1. The Kier molecular flexibility index (Phi) is 4.91. The third-order valence-electron chi connectivity index (χ3n) is 4.34. The third-order valence-corrected chi connectivity index (χ3v) is 4.34. The first-order valence-corrected chi connectivity index (χ1v) is 8.92. The zero-order valence-corrected chi connectivity index (χ0v) is 14.8. The molecule has 0 atom stereocenters. The monoisotopic (exact) mass is 360 g/mol. The van der Waals surface area contributed by atoms with Crippen LogP contribution < -0.4 is 5.32 Å². The summed E-state index contributed by atoms with van der Waals surface area (Å²) < 4.78 is 3.63. The van der Waals surface area contributed by atoms with Crippen LogP contribution in [0.5, 0.6) is 0 Å². The van der Waals surface area contributed by atoms with Crippen molar-refractivity contribution in [1.82, 2.24) is 30.1 Å². The van der Waals surface area contributed by atoms with Crippen molar-refractivity contribution in [3.05, 3.63) is 78.1 Å². The lowest BCUT2D eigenvalue weighted by Gasteiger charge is -2.04. The lowest BCUT2D eigenvalue weighted by Crippen LogP contribution is -2.25. The van der Waals surface area contributed by atoms with E-state index in [2.05, 4.69) is 20.7 Å². The molecular formula is C20H20N6O. The molecule has 136 valence electrons. The normalized spacial score (nSPS) is 11.0. The first kappa shape index (κ1) is 17.0. The van der Waals surface area contributed by atoms with Crippen LogP contribution in [0.4, 0.5) is 0 Å². The number of rotatable bonds is 7.